The van der Waals surface area contributed by atoms with Crippen LogP contribution >= 0.6 is 0 Å². The van der Waals surface area contributed by atoms with Gasteiger partial charge in [-0.25, -0.2) is 9.78 Å². The van der Waals surface area contributed by atoms with Crippen LogP contribution in [0.3, 0.4) is 0 Å². The predicted molar refractivity (Wildman–Crippen MR) is 98.0 cm³/mol. The fraction of sp³-hybridized carbons (Fsp3) is 0.389. The highest BCUT2D eigenvalue weighted by atomic mass is 16.2. The SMILES string of the molecule is Cc1ccc(CCNCCn2cnc3c2c(=O)n(C)c(=O)n3C)cc1. The molecule has 25 heavy (non-hydrogen) atoms. The average molecular weight is 341 g/mol. The molecule has 0 aliphatic rings. The van der Waals surface area contributed by atoms with Gasteiger partial charge in [0.25, 0.3) is 5.56 Å². The molecule has 7 heteroatoms. The highest BCUT2D eigenvalue weighted by Crippen LogP contribution is 2.05. The molecule has 0 saturated carbocycles. The van der Waals surface area contributed by atoms with E-state index in [2.05, 4.69) is 41.5 Å². The Labute approximate surface area is 145 Å². The summed E-state index contributed by atoms with van der Waals surface area (Å²) in [6.07, 6.45) is 2.58. The molecular weight excluding hydrogens is 318 g/mol. The van der Waals surface area contributed by atoms with Crippen LogP contribution in [0, 0.1) is 6.92 Å². The van der Waals surface area contributed by atoms with Crippen molar-refractivity contribution < 1.29 is 0 Å². The third kappa shape index (κ3) is 3.41. The molecule has 0 amide bonds. The molecule has 3 aromatic rings. The first-order valence-electron chi connectivity index (χ1n) is 8.36. The highest BCUT2D eigenvalue weighted by Gasteiger charge is 2.13. The highest BCUT2D eigenvalue weighted by molar-refractivity contribution is 5.69. The van der Waals surface area contributed by atoms with Crippen molar-refractivity contribution in [3.63, 3.8) is 0 Å². The van der Waals surface area contributed by atoms with Crippen molar-refractivity contribution in [1.82, 2.24) is 24.0 Å². The minimum Gasteiger partial charge on any atom is -0.323 e. The summed E-state index contributed by atoms with van der Waals surface area (Å²) in [5, 5.41) is 3.39. The molecule has 0 radical (unpaired) electrons. The molecule has 0 spiro atoms. The van der Waals surface area contributed by atoms with Gasteiger partial charge in [-0.15, -0.1) is 0 Å². The molecule has 132 valence electrons. The van der Waals surface area contributed by atoms with E-state index < -0.39 is 0 Å². The van der Waals surface area contributed by atoms with Crippen LogP contribution < -0.4 is 16.6 Å². The van der Waals surface area contributed by atoms with Crippen LogP contribution in [0.1, 0.15) is 11.1 Å². The summed E-state index contributed by atoms with van der Waals surface area (Å²) in [7, 11) is 3.11. The van der Waals surface area contributed by atoms with Gasteiger partial charge >= 0.3 is 5.69 Å². The molecule has 0 unspecified atom stereocenters. The van der Waals surface area contributed by atoms with E-state index in [0.29, 0.717) is 17.7 Å². The second-order valence-electron chi connectivity index (χ2n) is 6.30. The molecule has 0 fully saturated rings. The predicted octanol–water partition coefficient (Wildman–Crippen LogP) is 0.574. The van der Waals surface area contributed by atoms with Crippen LogP contribution in [0.4, 0.5) is 0 Å². The molecule has 0 atom stereocenters. The molecule has 1 N–H and O–H groups in total. The van der Waals surface area contributed by atoms with E-state index in [9.17, 15) is 9.59 Å². The molecule has 0 aliphatic carbocycles. The van der Waals surface area contributed by atoms with Gasteiger partial charge in [-0.1, -0.05) is 29.8 Å². The summed E-state index contributed by atoms with van der Waals surface area (Å²) in [5.74, 6) is 0. The minimum absolute atomic E-state index is 0.310. The fourth-order valence-electron chi connectivity index (χ4n) is 2.88. The number of hydrogen-bond donors (Lipinski definition) is 1. The Morgan fingerprint density at radius 3 is 2.48 bits per heavy atom. The first-order chi connectivity index (χ1) is 12.0. The molecule has 2 heterocycles. The van der Waals surface area contributed by atoms with Crippen molar-refractivity contribution in [2.24, 2.45) is 14.1 Å². The molecular formula is C18H23N5O2. The average Bonchev–Trinajstić information content (AvgIpc) is 3.03. The quantitative estimate of drug-likeness (QED) is 0.666. The van der Waals surface area contributed by atoms with Crippen LogP contribution in [0.25, 0.3) is 11.2 Å². The van der Waals surface area contributed by atoms with Crippen molar-refractivity contribution >= 4 is 11.2 Å². The zero-order valence-corrected chi connectivity index (χ0v) is 14.8. The minimum atomic E-state index is -0.362. The fourth-order valence-corrected chi connectivity index (χ4v) is 2.88. The largest absolute Gasteiger partial charge is 0.332 e. The van der Waals surface area contributed by atoms with E-state index in [1.807, 2.05) is 0 Å². The molecule has 3 rings (SSSR count). The summed E-state index contributed by atoms with van der Waals surface area (Å²) in [6, 6.07) is 8.52. The van der Waals surface area contributed by atoms with Crippen LogP contribution in [0.15, 0.2) is 40.2 Å². The van der Waals surface area contributed by atoms with Gasteiger partial charge in [0.05, 0.1) is 6.33 Å². The summed E-state index contributed by atoms with van der Waals surface area (Å²) in [5.41, 5.74) is 2.78. The second-order valence-corrected chi connectivity index (χ2v) is 6.30. The number of rotatable bonds is 6. The van der Waals surface area contributed by atoms with Crippen molar-refractivity contribution in [2.45, 2.75) is 19.9 Å². The van der Waals surface area contributed by atoms with Gasteiger partial charge in [0.1, 0.15) is 0 Å². The number of hydrogen-bond acceptors (Lipinski definition) is 4. The molecule has 0 aliphatic heterocycles. The first kappa shape index (κ1) is 17.2. The van der Waals surface area contributed by atoms with Gasteiger partial charge in [-0.05, 0) is 25.5 Å². The van der Waals surface area contributed by atoms with Crippen LogP contribution in [-0.4, -0.2) is 31.8 Å². The molecule has 0 saturated heterocycles. The maximum absolute atomic E-state index is 12.4. The Kier molecular flexibility index (Phi) is 4.85. The zero-order chi connectivity index (χ0) is 18.0. The third-order valence-electron chi connectivity index (χ3n) is 4.46. The normalized spacial score (nSPS) is 11.3. The molecule has 7 nitrogen and oxygen atoms in total. The number of imidazole rings is 1. The van der Waals surface area contributed by atoms with Crippen LogP contribution in [0.2, 0.25) is 0 Å². The van der Waals surface area contributed by atoms with Crippen LogP contribution in [0.5, 0.6) is 0 Å². The van der Waals surface area contributed by atoms with E-state index in [1.165, 1.54) is 22.7 Å². The van der Waals surface area contributed by atoms with Crippen molar-refractivity contribution in [3.8, 4) is 0 Å². The van der Waals surface area contributed by atoms with Crippen LogP contribution in [-0.2, 0) is 27.1 Å². The molecule has 2 aromatic heterocycles. The zero-order valence-electron chi connectivity index (χ0n) is 14.8. The van der Waals surface area contributed by atoms with Gasteiger partial charge < -0.3 is 9.88 Å². The molecule has 0 bridgehead atoms. The Morgan fingerprint density at radius 2 is 1.76 bits per heavy atom. The first-order valence-corrected chi connectivity index (χ1v) is 8.36. The van der Waals surface area contributed by atoms with E-state index in [4.69, 9.17) is 0 Å². The van der Waals surface area contributed by atoms with Gasteiger partial charge in [-0.2, -0.15) is 0 Å². The maximum Gasteiger partial charge on any atom is 0.332 e. The second kappa shape index (κ2) is 7.06. The standard InChI is InChI=1S/C18H23N5O2/c1-13-4-6-14(7-5-13)8-9-19-10-11-23-12-20-16-15(23)17(24)22(3)18(25)21(16)2/h4-7,12,19H,8-11H2,1-3H3. The van der Waals surface area contributed by atoms with Gasteiger partial charge in [0.15, 0.2) is 11.2 Å². The Morgan fingerprint density at radius 1 is 1.04 bits per heavy atom. The summed E-state index contributed by atoms with van der Waals surface area (Å²) in [6.45, 7) is 4.30. The van der Waals surface area contributed by atoms with Gasteiger partial charge in [0, 0.05) is 27.2 Å². The van der Waals surface area contributed by atoms with E-state index in [1.54, 1.807) is 17.9 Å². The number of nitrogens with zero attached hydrogens (tertiary/aromatic N) is 4. The van der Waals surface area contributed by atoms with Crippen molar-refractivity contribution in [3.05, 3.63) is 62.6 Å². The lowest BCUT2D eigenvalue weighted by atomic mass is 10.1. The maximum atomic E-state index is 12.4. The number of aryl methyl sites for hydroxylation is 2. The van der Waals surface area contributed by atoms with E-state index >= 15 is 0 Å². The number of nitrogens with one attached hydrogen (secondary N) is 1. The number of fused-ring (bicyclic) bond motifs is 1. The topological polar surface area (TPSA) is 73.8 Å². The smallest absolute Gasteiger partial charge is 0.323 e. The van der Waals surface area contributed by atoms with Gasteiger partial charge in [-0.3, -0.25) is 13.9 Å². The Balaban J connectivity index is 1.63. The Bertz CT molecular complexity index is 995. The van der Waals surface area contributed by atoms with Crippen molar-refractivity contribution in [1.29, 1.82) is 0 Å². The van der Waals surface area contributed by atoms with Crippen molar-refractivity contribution in [2.75, 3.05) is 13.1 Å². The third-order valence-corrected chi connectivity index (χ3v) is 4.46. The lowest BCUT2D eigenvalue weighted by Crippen LogP contribution is -2.37. The summed E-state index contributed by atoms with van der Waals surface area (Å²) >= 11 is 0. The lowest BCUT2D eigenvalue weighted by molar-refractivity contribution is 0.604. The van der Waals surface area contributed by atoms with E-state index in [0.717, 1.165) is 24.1 Å². The summed E-state index contributed by atoms with van der Waals surface area (Å²) < 4.78 is 4.32. The van der Waals surface area contributed by atoms with Gasteiger partial charge in [0.2, 0.25) is 0 Å². The number of aromatic nitrogens is 4. The molecule has 1 aromatic carbocycles. The Hall–Kier alpha value is -2.67. The summed E-state index contributed by atoms with van der Waals surface area (Å²) in [4.78, 5) is 28.5. The monoisotopic (exact) mass is 341 g/mol. The van der Waals surface area contributed by atoms with E-state index in [-0.39, 0.29) is 11.2 Å². The lowest BCUT2D eigenvalue weighted by Gasteiger charge is -2.08. The number of benzene rings is 1.